The topological polar surface area (TPSA) is 58.6 Å². The Morgan fingerprint density at radius 3 is 2.83 bits per heavy atom. The molecule has 0 saturated carbocycles. The maximum atomic E-state index is 12.5. The fourth-order valence-electron chi connectivity index (χ4n) is 3.09. The number of morpholine rings is 1. The van der Waals surface area contributed by atoms with E-state index in [1.54, 1.807) is 18.1 Å². The summed E-state index contributed by atoms with van der Waals surface area (Å²) in [5.74, 6) is -0.147. The Hall–Kier alpha value is -2.31. The molecule has 2 atom stereocenters. The second kappa shape index (κ2) is 7.51. The summed E-state index contributed by atoms with van der Waals surface area (Å²) >= 11 is 0. The Morgan fingerprint density at radius 1 is 1.33 bits per heavy atom. The van der Waals surface area contributed by atoms with Crippen molar-refractivity contribution in [1.29, 1.82) is 0 Å². The lowest BCUT2D eigenvalue weighted by atomic mass is 9.98. The maximum absolute atomic E-state index is 12.5. The van der Waals surface area contributed by atoms with Gasteiger partial charge in [0.1, 0.15) is 5.69 Å². The van der Waals surface area contributed by atoms with Crippen molar-refractivity contribution in [2.24, 2.45) is 0 Å². The largest absolute Gasteiger partial charge is 0.373 e. The summed E-state index contributed by atoms with van der Waals surface area (Å²) in [5, 5.41) is 0. The van der Waals surface area contributed by atoms with Gasteiger partial charge in [-0.05, 0) is 12.6 Å². The minimum Gasteiger partial charge on any atom is -0.373 e. The summed E-state index contributed by atoms with van der Waals surface area (Å²) in [6.45, 7) is 2.04. The first-order valence-corrected chi connectivity index (χ1v) is 8.05. The van der Waals surface area contributed by atoms with Crippen LogP contribution in [0.1, 0.15) is 22.1 Å². The molecule has 1 aromatic carbocycles. The number of carbonyl (C=O) groups excluding carboxylic acids is 1. The number of carbonyl (C=O) groups is 1. The zero-order chi connectivity index (χ0) is 16.9. The van der Waals surface area contributed by atoms with Gasteiger partial charge in [0, 0.05) is 32.5 Å². The quantitative estimate of drug-likeness (QED) is 0.854. The molecule has 3 rings (SSSR count). The number of amides is 1. The number of ether oxygens (including phenoxy) is 1. The summed E-state index contributed by atoms with van der Waals surface area (Å²) in [6, 6.07) is 10.4. The molecule has 1 amide bonds. The molecule has 1 fully saturated rings. The second-order valence-electron chi connectivity index (χ2n) is 6.02. The minimum atomic E-state index is -0.147. The second-order valence-corrected chi connectivity index (χ2v) is 6.02. The number of likely N-dealkylation sites (N-methyl/N-ethyl adjacent to an activating group) is 2. The van der Waals surface area contributed by atoms with Crippen LogP contribution >= 0.6 is 0 Å². The van der Waals surface area contributed by atoms with E-state index in [1.807, 2.05) is 18.2 Å². The SMILES string of the molecule is CN(C[C@H]1OCCN(C)[C@H]1c1ccccc1)C(=O)c1cnccn1. The van der Waals surface area contributed by atoms with Gasteiger partial charge in [-0.2, -0.15) is 0 Å². The summed E-state index contributed by atoms with van der Waals surface area (Å²) in [6.07, 6.45) is 4.48. The van der Waals surface area contributed by atoms with E-state index in [0.29, 0.717) is 18.8 Å². The molecule has 126 valence electrons. The number of hydrogen-bond donors (Lipinski definition) is 0. The lowest BCUT2D eigenvalue weighted by Gasteiger charge is -2.40. The maximum Gasteiger partial charge on any atom is 0.273 e. The van der Waals surface area contributed by atoms with Gasteiger partial charge in [0.05, 0.1) is 24.9 Å². The predicted octanol–water partition coefficient (Wildman–Crippen LogP) is 1.62. The van der Waals surface area contributed by atoms with Crippen molar-refractivity contribution in [3.8, 4) is 0 Å². The van der Waals surface area contributed by atoms with E-state index in [9.17, 15) is 4.79 Å². The van der Waals surface area contributed by atoms with Crippen LogP contribution in [0, 0.1) is 0 Å². The molecule has 1 aliphatic heterocycles. The van der Waals surface area contributed by atoms with Gasteiger partial charge in [0.15, 0.2) is 0 Å². The average Bonchev–Trinajstić information content (AvgIpc) is 2.62. The monoisotopic (exact) mass is 326 g/mol. The molecule has 1 aliphatic rings. The Morgan fingerprint density at radius 2 is 2.12 bits per heavy atom. The molecule has 6 nitrogen and oxygen atoms in total. The van der Waals surface area contributed by atoms with E-state index < -0.39 is 0 Å². The summed E-state index contributed by atoms with van der Waals surface area (Å²) in [7, 11) is 3.87. The van der Waals surface area contributed by atoms with E-state index in [1.165, 1.54) is 18.0 Å². The van der Waals surface area contributed by atoms with Gasteiger partial charge in [0.2, 0.25) is 0 Å². The molecular weight excluding hydrogens is 304 g/mol. The molecule has 0 unspecified atom stereocenters. The number of nitrogens with zero attached hydrogens (tertiary/aromatic N) is 4. The van der Waals surface area contributed by atoms with Gasteiger partial charge in [-0.25, -0.2) is 4.98 Å². The highest BCUT2D eigenvalue weighted by atomic mass is 16.5. The van der Waals surface area contributed by atoms with E-state index in [0.717, 1.165) is 6.54 Å². The van der Waals surface area contributed by atoms with Crippen molar-refractivity contribution < 1.29 is 9.53 Å². The Balaban J connectivity index is 1.75. The molecule has 2 heterocycles. The first-order valence-electron chi connectivity index (χ1n) is 8.05. The number of hydrogen-bond acceptors (Lipinski definition) is 5. The van der Waals surface area contributed by atoms with Gasteiger partial charge < -0.3 is 9.64 Å². The van der Waals surface area contributed by atoms with Crippen molar-refractivity contribution in [2.75, 3.05) is 33.8 Å². The molecule has 0 radical (unpaired) electrons. The minimum absolute atomic E-state index is 0.0863. The molecule has 6 heteroatoms. The lowest BCUT2D eigenvalue weighted by Crippen LogP contribution is -2.48. The third-order valence-corrected chi connectivity index (χ3v) is 4.33. The van der Waals surface area contributed by atoms with Crippen LogP contribution in [0.3, 0.4) is 0 Å². The first-order chi connectivity index (χ1) is 11.7. The van der Waals surface area contributed by atoms with Crippen LogP contribution in [-0.4, -0.2) is 65.6 Å². The van der Waals surface area contributed by atoms with Gasteiger partial charge in [-0.15, -0.1) is 0 Å². The third kappa shape index (κ3) is 3.60. The van der Waals surface area contributed by atoms with E-state index in [-0.39, 0.29) is 18.1 Å². The zero-order valence-corrected chi connectivity index (χ0v) is 14.0. The fraction of sp³-hybridized carbons (Fsp3) is 0.389. The van der Waals surface area contributed by atoms with Gasteiger partial charge >= 0.3 is 0 Å². The highest BCUT2D eigenvalue weighted by Crippen LogP contribution is 2.28. The number of benzene rings is 1. The summed E-state index contributed by atoms with van der Waals surface area (Å²) in [5.41, 5.74) is 1.55. The highest BCUT2D eigenvalue weighted by molar-refractivity contribution is 5.91. The summed E-state index contributed by atoms with van der Waals surface area (Å²) in [4.78, 5) is 24.5. The van der Waals surface area contributed by atoms with Crippen LogP contribution in [0.4, 0.5) is 0 Å². The molecular formula is C18H22N4O2. The predicted molar refractivity (Wildman–Crippen MR) is 90.5 cm³/mol. The van der Waals surface area contributed by atoms with Crippen LogP contribution in [0.15, 0.2) is 48.9 Å². The number of aromatic nitrogens is 2. The van der Waals surface area contributed by atoms with E-state index in [2.05, 4.69) is 34.0 Å². The highest BCUT2D eigenvalue weighted by Gasteiger charge is 2.33. The van der Waals surface area contributed by atoms with Crippen LogP contribution in [0.5, 0.6) is 0 Å². The third-order valence-electron chi connectivity index (χ3n) is 4.33. The van der Waals surface area contributed by atoms with Crippen molar-refractivity contribution in [3.05, 3.63) is 60.2 Å². The van der Waals surface area contributed by atoms with Crippen LogP contribution in [0.25, 0.3) is 0 Å². The Labute approximate surface area is 142 Å². The number of rotatable bonds is 4. The van der Waals surface area contributed by atoms with Gasteiger partial charge in [0.25, 0.3) is 5.91 Å². The molecule has 24 heavy (non-hydrogen) atoms. The van der Waals surface area contributed by atoms with Gasteiger partial charge in [-0.1, -0.05) is 30.3 Å². The normalized spacial score (nSPS) is 21.4. The van der Waals surface area contributed by atoms with Crippen molar-refractivity contribution in [3.63, 3.8) is 0 Å². The fourth-order valence-corrected chi connectivity index (χ4v) is 3.09. The molecule has 2 aromatic rings. The van der Waals surface area contributed by atoms with E-state index >= 15 is 0 Å². The molecule has 0 spiro atoms. The van der Waals surface area contributed by atoms with Gasteiger partial charge in [-0.3, -0.25) is 14.7 Å². The van der Waals surface area contributed by atoms with Crippen molar-refractivity contribution >= 4 is 5.91 Å². The zero-order valence-electron chi connectivity index (χ0n) is 14.0. The van der Waals surface area contributed by atoms with Crippen LogP contribution in [0.2, 0.25) is 0 Å². The Kier molecular flexibility index (Phi) is 5.17. The Bertz CT molecular complexity index is 665. The first kappa shape index (κ1) is 16.5. The smallest absolute Gasteiger partial charge is 0.273 e. The van der Waals surface area contributed by atoms with E-state index in [4.69, 9.17) is 4.74 Å². The molecule has 0 N–H and O–H groups in total. The van der Waals surface area contributed by atoms with Crippen LogP contribution < -0.4 is 0 Å². The summed E-state index contributed by atoms with van der Waals surface area (Å²) < 4.78 is 6.00. The van der Waals surface area contributed by atoms with Crippen molar-refractivity contribution in [2.45, 2.75) is 12.1 Å². The molecule has 0 aliphatic carbocycles. The molecule has 1 aromatic heterocycles. The lowest BCUT2D eigenvalue weighted by molar-refractivity contribution is -0.0708. The van der Waals surface area contributed by atoms with Crippen molar-refractivity contribution in [1.82, 2.24) is 19.8 Å². The molecule has 0 bridgehead atoms. The van der Waals surface area contributed by atoms with Crippen LogP contribution in [-0.2, 0) is 4.74 Å². The average molecular weight is 326 g/mol. The molecule has 1 saturated heterocycles. The standard InChI is InChI=1S/C18H22N4O2/c1-21-10-11-24-16(17(21)14-6-4-3-5-7-14)13-22(2)18(23)15-12-19-8-9-20-15/h3-9,12,16-17H,10-11,13H2,1-2H3/t16-,17+/m1/s1.